The summed E-state index contributed by atoms with van der Waals surface area (Å²) >= 11 is 0. The third-order valence-corrected chi connectivity index (χ3v) is 4.53. The lowest BCUT2D eigenvalue weighted by molar-refractivity contribution is -0.137. The van der Waals surface area contributed by atoms with Crippen molar-refractivity contribution in [2.75, 3.05) is 5.32 Å². The van der Waals surface area contributed by atoms with Crippen LogP contribution in [0.15, 0.2) is 48.5 Å². The maximum absolute atomic E-state index is 13.2. The molecule has 3 aromatic rings. The largest absolute Gasteiger partial charge is 0.457 e. The molecule has 5 N–H and O–H groups in total. The SMILES string of the molecule is CC(Nc1cc(C(N)=O)nc(-c2ccc(Oc3ccc(C#N)c(C(F)(F)F)c3)cc2)n1)C(N)=O. The normalized spacial score (nSPS) is 11.9. The molecule has 1 unspecified atom stereocenters. The van der Waals surface area contributed by atoms with Gasteiger partial charge in [-0.3, -0.25) is 9.59 Å². The van der Waals surface area contributed by atoms with E-state index in [1.54, 1.807) is 0 Å². The minimum absolute atomic E-state index is 0.0970. The van der Waals surface area contributed by atoms with Crippen molar-refractivity contribution in [3.05, 3.63) is 65.4 Å². The second-order valence-corrected chi connectivity index (χ2v) is 7.04. The molecule has 0 aliphatic heterocycles. The summed E-state index contributed by atoms with van der Waals surface area (Å²) in [5.74, 6) is -1.13. The van der Waals surface area contributed by atoms with Gasteiger partial charge in [0.25, 0.3) is 5.91 Å². The number of nitrogens with one attached hydrogen (secondary N) is 1. The molecule has 1 heterocycles. The fourth-order valence-corrected chi connectivity index (χ4v) is 2.80. The lowest BCUT2D eigenvalue weighted by atomic mass is 10.1. The molecule has 34 heavy (non-hydrogen) atoms. The number of anilines is 1. The quantitative estimate of drug-likeness (QED) is 0.478. The Morgan fingerprint density at radius 2 is 1.71 bits per heavy atom. The molecule has 174 valence electrons. The predicted octanol–water partition coefficient (Wildman–Crippen LogP) is 3.21. The first-order chi connectivity index (χ1) is 16.0. The zero-order valence-electron chi connectivity index (χ0n) is 17.6. The van der Waals surface area contributed by atoms with E-state index >= 15 is 0 Å². The zero-order chi connectivity index (χ0) is 25.0. The van der Waals surface area contributed by atoms with Crippen LogP contribution < -0.4 is 21.5 Å². The molecule has 0 spiro atoms. The van der Waals surface area contributed by atoms with Gasteiger partial charge in [-0.1, -0.05) is 0 Å². The molecule has 2 aromatic carbocycles. The number of nitrogens with zero attached hydrogens (tertiary/aromatic N) is 3. The van der Waals surface area contributed by atoms with Crippen molar-refractivity contribution < 1.29 is 27.5 Å². The van der Waals surface area contributed by atoms with Crippen molar-refractivity contribution >= 4 is 17.6 Å². The highest BCUT2D eigenvalue weighted by molar-refractivity contribution is 5.92. The van der Waals surface area contributed by atoms with Gasteiger partial charge in [-0.15, -0.1) is 0 Å². The Kier molecular flexibility index (Phi) is 6.67. The van der Waals surface area contributed by atoms with Crippen LogP contribution in [0, 0.1) is 11.3 Å². The first kappa shape index (κ1) is 24.0. The topological polar surface area (TPSA) is 157 Å². The minimum atomic E-state index is -4.71. The Morgan fingerprint density at radius 1 is 1.06 bits per heavy atom. The van der Waals surface area contributed by atoms with E-state index in [2.05, 4.69) is 15.3 Å². The Hall–Kier alpha value is -4.66. The summed E-state index contributed by atoms with van der Waals surface area (Å²) in [7, 11) is 0. The molecule has 0 bridgehead atoms. The summed E-state index contributed by atoms with van der Waals surface area (Å²) in [5.41, 5.74) is 9.26. The molecule has 0 aliphatic rings. The van der Waals surface area contributed by atoms with Gasteiger partial charge in [-0.25, -0.2) is 9.97 Å². The molecule has 1 atom stereocenters. The molecule has 0 saturated heterocycles. The van der Waals surface area contributed by atoms with Crippen LogP contribution in [0.4, 0.5) is 19.0 Å². The molecule has 2 amide bonds. The van der Waals surface area contributed by atoms with Gasteiger partial charge in [0, 0.05) is 11.6 Å². The second-order valence-electron chi connectivity index (χ2n) is 7.04. The number of rotatable bonds is 7. The molecule has 9 nitrogen and oxygen atoms in total. The van der Waals surface area contributed by atoms with Gasteiger partial charge in [-0.2, -0.15) is 18.4 Å². The first-order valence-electron chi connectivity index (χ1n) is 9.62. The van der Waals surface area contributed by atoms with Gasteiger partial charge in [0.05, 0.1) is 17.2 Å². The van der Waals surface area contributed by atoms with Crippen LogP contribution in [0.3, 0.4) is 0 Å². The third-order valence-electron chi connectivity index (χ3n) is 4.53. The number of benzene rings is 2. The van der Waals surface area contributed by atoms with Gasteiger partial charge >= 0.3 is 6.18 Å². The highest BCUT2D eigenvalue weighted by Gasteiger charge is 2.34. The molecule has 1 aromatic heterocycles. The van der Waals surface area contributed by atoms with E-state index in [4.69, 9.17) is 21.5 Å². The molecule has 3 rings (SSSR count). The number of nitriles is 1. The first-order valence-corrected chi connectivity index (χ1v) is 9.62. The molecule has 12 heteroatoms. The van der Waals surface area contributed by atoms with E-state index in [1.165, 1.54) is 49.4 Å². The van der Waals surface area contributed by atoms with E-state index in [-0.39, 0.29) is 28.8 Å². The van der Waals surface area contributed by atoms with E-state index in [0.717, 1.165) is 12.1 Å². The number of primary amides is 2. The van der Waals surface area contributed by atoms with Crippen molar-refractivity contribution in [1.82, 2.24) is 9.97 Å². The summed E-state index contributed by atoms with van der Waals surface area (Å²) in [6.45, 7) is 1.51. The van der Waals surface area contributed by atoms with Crippen LogP contribution >= 0.6 is 0 Å². The van der Waals surface area contributed by atoms with Gasteiger partial charge in [0.1, 0.15) is 29.1 Å². The highest BCUT2D eigenvalue weighted by Crippen LogP contribution is 2.35. The summed E-state index contributed by atoms with van der Waals surface area (Å²) in [6.07, 6.45) is -4.71. The average molecular weight is 470 g/mol. The monoisotopic (exact) mass is 470 g/mol. The predicted molar refractivity (Wildman–Crippen MR) is 114 cm³/mol. The second kappa shape index (κ2) is 9.45. The minimum Gasteiger partial charge on any atom is -0.457 e. The number of alkyl halides is 3. The van der Waals surface area contributed by atoms with E-state index in [0.29, 0.717) is 5.56 Å². The Labute approximate surface area is 191 Å². The zero-order valence-corrected chi connectivity index (χ0v) is 17.6. The molecular weight excluding hydrogens is 453 g/mol. The standard InChI is InChI=1S/C22H17F3N6O3/c1-11(19(27)32)29-18-9-17(20(28)33)30-21(31-18)12-2-5-14(6-3-12)34-15-7-4-13(10-26)16(8-15)22(23,24)25/h2-9,11H,1H3,(H2,27,32)(H2,28,33)(H,29,30,31). The number of halogens is 3. The third kappa shape index (κ3) is 5.57. The van der Waals surface area contributed by atoms with Crippen molar-refractivity contribution in [2.45, 2.75) is 19.1 Å². The number of carbonyl (C=O) groups is 2. The summed E-state index contributed by atoms with van der Waals surface area (Å²) in [4.78, 5) is 31.3. The Balaban J connectivity index is 1.89. The molecule has 0 saturated carbocycles. The summed E-state index contributed by atoms with van der Waals surface area (Å²) < 4.78 is 44.9. The van der Waals surface area contributed by atoms with E-state index in [9.17, 15) is 22.8 Å². The average Bonchev–Trinajstić information content (AvgIpc) is 2.78. The smallest absolute Gasteiger partial charge is 0.417 e. The maximum atomic E-state index is 13.2. The summed E-state index contributed by atoms with van der Waals surface area (Å²) in [6, 6.07) is 11.0. The van der Waals surface area contributed by atoms with E-state index < -0.39 is 35.2 Å². The van der Waals surface area contributed by atoms with Crippen LogP contribution in [0.25, 0.3) is 11.4 Å². The van der Waals surface area contributed by atoms with E-state index in [1.807, 2.05) is 0 Å². The van der Waals surface area contributed by atoms with Gasteiger partial charge in [0.15, 0.2) is 5.82 Å². The molecule has 0 fully saturated rings. The van der Waals surface area contributed by atoms with Crippen molar-refractivity contribution in [2.24, 2.45) is 11.5 Å². The van der Waals surface area contributed by atoms with Gasteiger partial charge in [0.2, 0.25) is 5.91 Å². The molecule has 0 aliphatic carbocycles. The van der Waals surface area contributed by atoms with Crippen molar-refractivity contribution in [1.29, 1.82) is 5.26 Å². The fraction of sp³-hybridized carbons (Fsp3) is 0.136. The molecule has 0 radical (unpaired) electrons. The lowest BCUT2D eigenvalue weighted by Crippen LogP contribution is -2.33. The van der Waals surface area contributed by atoms with Crippen LogP contribution in [0.2, 0.25) is 0 Å². The number of aromatic nitrogens is 2. The Bertz CT molecular complexity index is 1290. The molecular formula is C22H17F3N6O3. The number of nitrogens with two attached hydrogens (primary N) is 2. The van der Waals surface area contributed by atoms with Gasteiger partial charge in [-0.05, 0) is 49.4 Å². The lowest BCUT2D eigenvalue weighted by Gasteiger charge is -2.13. The van der Waals surface area contributed by atoms with Crippen LogP contribution in [-0.4, -0.2) is 27.8 Å². The number of carbonyl (C=O) groups excluding carboxylic acids is 2. The number of ether oxygens (including phenoxy) is 1. The number of hydrogen-bond donors (Lipinski definition) is 3. The van der Waals surface area contributed by atoms with Crippen LogP contribution in [0.1, 0.15) is 28.5 Å². The summed E-state index contributed by atoms with van der Waals surface area (Å²) in [5, 5.41) is 11.6. The van der Waals surface area contributed by atoms with Gasteiger partial charge < -0.3 is 21.5 Å². The van der Waals surface area contributed by atoms with Crippen LogP contribution in [0.5, 0.6) is 11.5 Å². The highest BCUT2D eigenvalue weighted by atomic mass is 19.4. The Morgan fingerprint density at radius 3 is 2.26 bits per heavy atom. The van der Waals surface area contributed by atoms with Crippen LogP contribution in [-0.2, 0) is 11.0 Å². The van der Waals surface area contributed by atoms with Crippen molar-refractivity contribution in [3.63, 3.8) is 0 Å². The maximum Gasteiger partial charge on any atom is 0.417 e. The van der Waals surface area contributed by atoms with Crippen molar-refractivity contribution in [3.8, 4) is 29.0 Å². The fourth-order valence-electron chi connectivity index (χ4n) is 2.80. The number of hydrogen-bond acceptors (Lipinski definition) is 7. The number of amides is 2.